The van der Waals surface area contributed by atoms with Crippen LogP contribution in [0.5, 0.6) is 0 Å². The molecule has 0 aromatic carbocycles. The Bertz CT molecular complexity index is 353. The van der Waals surface area contributed by atoms with Crippen molar-refractivity contribution in [1.82, 2.24) is 4.90 Å². The molecule has 0 bridgehead atoms. The number of nitrogens with two attached hydrogens (primary N) is 1. The van der Waals surface area contributed by atoms with E-state index in [1.54, 1.807) is 0 Å². The second kappa shape index (κ2) is 7.30. The van der Waals surface area contributed by atoms with Gasteiger partial charge in [-0.15, -0.1) is 12.4 Å². The van der Waals surface area contributed by atoms with Gasteiger partial charge in [-0.05, 0) is 50.4 Å². The Hall–Kier alpha value is -0.320. The third-order valence-corrected chi connectivity index (χ3v) is 5.59. The molecule has 2 saturated heterocycles. The Morgan fingerprint density at radius 1 is 1.14 bits per heavy atom. The average molecular weight is 317 g/mol. The molecule has 1 spiro atoms. The molecule has 5 heteroatoms. The van der Waals surface area contributed by atoms with Gasteiger partial charge in [0.2, 0.25) is 5.91 Å². The fourth-order valence-electron chi connectivity index (χ4n) is 4.32. The van der Waals surface area contributed by atoms with Crippen LogP contribution in [-0.4, -0.2) is 43.2 Å². The molecule has 2 heterocycles. The van der Waals surface area contributed by atoms with Crippen LogP contribution in [0.15, 0.2) is 0 Å². The highest BCUT2D eigenvalue weighted by Crippen LogP contribution is 2.40. The lowest BCUT2D eigenvalue weighted by atomic mass is 9.73. The Morgan fingerprint density at radius 2 is 1.90 bits per heavy atom. The lowest BCUT2D eigenvalue weighted by Crippen LogP contribution is -2.50. The van der Waals surface area contributed by atoms with E-state index in [0.29, 0.717) is 11.3 Å². The summed E-state index contributed by atoms with van der Waals surface area (Å²) in [6, 6.07) is 0.236. The number of piperidine rings is 1. The highest BCUT2D eigenvalue weighted by atomic mass is 35.5. The van der Waals surface area contributed by atoms with E-state index in [0.717, 1.165) is 71.2 Å². The van der Waals surface area contributed by atoms with Crippen LogP contribution in [0, 0.1) is 11.3 Å². The maximum absolute atomic E-state index is 12.8. The van der Waals surface area contributed by atoms with E-state index in [1.807, 2.05) is 0 Å². The van der Waals surface area contributed by atoms with Gasteiger partial charge in [0.25, 0.3) is 0 Å². The van der Waals surface area contributed by atoms with E-state index in [4.69, 9.17) is 10.5 Å². The lowest BCUT2D eigenvalue weighted by Gasteiger charge is -2.46. The molecule has 0 radical (unpaired) electrons. The molecule has 1 aliphatic carbocycles. The first-order chi connectivity index (χ1) is 9.69. The molecule has 3 rings (SSSR count). The summed E-state index contributed by atoms with van der Waals surface area (Å²) >= 11 is 0. The van der Waals surface area contributed by atoms with Crippen molar-refractivity contribution in [2.75, 3.05) is 26.3 Å². The number of ether oxygens (including phenoxy) is 1. The lowest BCUT2D eigenvalue weighted by molar-refractivity contribution is -0.142. The van der Waals surface area contributed by atoms with Gasteiger partial charge in [-0.2, -0.15) is 0 Å². The summed E-state index contributed by atoms with van der Waals surface area (Å²) in [5.41, 5.74) is 6.39. The Morgan fingerprint density at radius 3 is 2.62 bits per heavy atom. The number of carbonyl (C=O) groups excluding carboxylic acids is 1. The zero-order valence-corrected chi connectivity index (χ0v) is 13.7. The third kappa shape index (κ3) is 3.91. The number of rotatable bonds is 1. The molecule has 4 nitrogen and oxygen atoms in total. The molecule has 21 heavy (non-hydrogen) atoms. The van der Waals surface area contributed by atoms with Crippen molar-refractivity contribution in [2.24, 2.45) is 17.1 Å². The minimum atomic E-state index is 0. The maximum atomic E-state index is 12.8. The first-order valence-electron chi connectivity index (χ1n) is 8.31. The highest BCUT2D eigenvalue weighted by molar-refractivity contribution is 5.85. The summed E-state index contributed by atoms with van der Waals surface area (Å²) in [5.74, 6) is 0.569. The zero-order valence-electron chi connectivity index (χ0n) is 12.9. The van der Waals surface area contributed by atoms with E-state index in [-0.39, 0.29) is 24.4 Å². The monoisotopic (exact) mass is 316 g/mol. The van der Waals surface area contributed by atoms with Gasteiger partial charge in [0, 0.05) is 38.3 Å². The van der Waals surface area contributed by atoms with Crippen molar-refractivity contribution in [1.29, 1.82) is 0 Å². The first-order valence-corrected chi connectivity index (χ1v) is 8.31. The summed E-state index contributed by atoms with van der Waals surface area (Å²) in [6.45, 7) is 3.65. The van der Waals surface area contributed by atoms with Gasteiger partial charge in [-0.3, -0.25) is 4.79 Å². The van der Waals surface area contributed by atoms with Gasteiger partial charge in [-0.25, -0.2) is 0 Å². The van der Waals surface area contributed by atoms with E-state index in [2.05, 4.69) is 4.90 Å². The van der Waals surface area contributed by atoms with Gasteiger partial charge in [-0.1, -0.05) is 6.42 Å². The third-order valence-electron chi connectivity index (χ3n) is 5.59. The average Bonchev–Trinajstić information content (AvgIpc) is 2.47. The van der Waals surface area contributed by atoms with Crippen LogP contribution < -0.4 is 5.73 Å². The molecule has 3 aliphatic rings. The zero-order chi connectivity index (χ0) is 14.0. The van der Waals surface area contributed by atoms with Gasteiger partial charge in [0.1, 0.15) is 0 Å². The van der Waals surface area contributed by atoms with E-state index >= 15 is 0 Å². The number of hydrogen-bond donors (Lipinski definition) is 1. The molecular weight excluding hydrogens is 288 g/mol. The van der Waals surface area contributed by atoms with Crippen LogP contribution >= 0.6 is 12.4 Å². The molecule has 0 aromatic rings. The van der Waals surface area contributed by atoms with Crippen LogP contribution in [-0.2, 0) is 9.53 Å². The molecule has 2 atom stereocenters. The van der Waals surface area contributed by atoms with Crippen LogP contribution in [0.25, 0.3) is 0 Å². The van der Waals surface area contributed by atoms with Gasteiger partial charge < -0.3 is 15.4 Å². The van der Waals surface area contributed by atoms with Gasteiger partial charge in [0.15, 0.2) is 0 Å². The smallest absolute Gasteiger partial charge is 0.225 e. The number of carbonyl (C=O) groups is 1. The molecule has 1 amide bonds. The second-order valence-electron chi connectivity index (χ2n) is 7.10. The van der Waals surface area contributed by atoms with Crippen molar-refractivity contribution >= 4 is 18.3 Å². The van der Waals surface area contributed by atoms with Crippen LogP contribution in [0.1, 0.15) is 51.4 Å². The maximum Gasteiger partial charge on any atom is 0.225 e. The van der Waals surface area contributed by atoms with E-state index < -0.39 is 0 Å². The molecular formula is C16H29ClN2O2. The van der Waals surface area contributed by atoms with Crippen molar-refractivity contribution < 1.29 is 9.53 Å². The van der Waals surface area contributed by atoms with E-state index in [9.17, 15) is 4.79 Å². The van der Waals surface area contributed by atoms with Crippen LogP contribution in [0.4, 0.5) is 0 Å². The Balaban J connectivity index is 0.00000161. The fourth-order valence-corrected chi connectivity index (χ4v) is 4.32. The van der Waals surface area contributed by atoms with Crippen molar-refractivity contribution in [2.45, 2.75) is 57.4 Å². The number of halogens is 1. The predicted molar refractivity (Wildman–Crippen MR) is 85.5 cm³/mol. The molecule has 0 aromatic heterocycles. The van der Waals surface area contributed by atoms with Crippen molar-refractivity contribution in [3.8, 4) is 0 Å². The Labute approximate surface area is 134 Å². The Kier molecular flexibility index (Phi) is 5.92. The summed E-state index contributed by atoms with van der Waals surface area (Å²) in [4.78, 5) is 14.9. The van der Waals surface area contributed by atoms with Crippen LogP contribution in [0.2, 0.25) is 0 Å². The number of nitrogens with zero attached hydrogens (tertiary/aromatic N) is 1. The van der Waals surface area contributed by atoms with Crippen molar-refractivity contribution in [3.05, 3.63) is 0 Å². The topological polar surface area (TPSA) is 55.6 Å². The molecule has 3 fully saturated rings. The number of hydrogen-bond acceptors (Lipinski definition) is 3. The molecule has 2 aliphatic heterocycles. The number of likely N-dealkylation sites (tertiary alicyclic amines) is 1. The minimum Gasteiger partial charge on any atom is -0.381 e. The summed E-state index contributed by atoms with van der Waals surface area (Å²) in [7, 11) is 0. The van der Waals surface area contributed by atoms with Crippen LogP contribution in [0.3, 0.4) is 0 Å². The second-order valence-corrected chi connectivity index (χ2v) is 7.10. The molecule has 2 N–H and O–H groups in total. The quantitative estimate of drug-likeness (QED) is 0.808. The minimum absolute atomic E-state index is 0. The summed E-state index contributed by atoms with van der Waals surface area (Å²) < 4.78 is 5.50. The van der Waals surface area contributed by atoms with Crippen molar-refractivity contribution in [3.63, 3.8) is 0 Å². The van der Waals surface area contributed by atoms with E-state index in [1.165, 1.54) is 6.42 Å². The number of amides is 1. The predicted octanol–water partition coefficient (Wildman–Crippen LogP) is 2.34. The summed E-state index contributed by atoms with van der Waals surface area (Å²) in [6.07, 6.45) is 8.82. The molecule has 1 saturated carbocycles. The summed E-state index contributed by atoms with van der Waals surface area (Å²) in [5, 5.41) is 0. The largest absolute Gasteiger partial charge is 0.381 e. The molecule has 122 valence electrons. The normalized spacial score (nSPS) is 32.5. The molecule has 0 unspecified atom stereocenters. The highest BCUT2D eigenvalue weighted by Gasteiger charge is 2.40. The first kappa shape index (κ1) is 17.0. The fraction of sp³-hybridized carbons (Fsp3) is 0.938. The van der Waals surface area contributed by atoms with Gasteiger partial charge >= 0.3 is 0 Å². The SMILES string of the molecule is Cl.N[C@H]1CCC[C@@H](C(=O)N2CCCC3(CCOCC3)C2)C1. The van der Waals surface area contributed by atoms with Gasteiger partial charge in [0.05, 0.1) is 0 Å². The standard InChI is InChI=1S/C16H28N2O2.ClH/c17-14-4-1-3-13(11-14)15(19)18-8-2-5-16(12-18)6-9-20-10-7-16;/h13-14H,1-12,17H2;1H/t13-,14+;/m1./s1.